The van der Waals surface area contributed by atoms with E-state index < -0.39 is 0 Å². The van der Waals surface area contributed by atoms with Gasteiger partial charge in [0.15, 0.2) is 0 Å². The maximum absolute atomic E-state index is 4.22. The van der Waals surface area contributed by atoms with Crippen molar-refractivity contribution in [1.82, 2.24) is 31.0 Å². The van der Waals surface area contributed by atoms with Gasteiger partial charge < -0.3 is 21.3 Å². The minimum absolute atomic E-state index is 0.790. The summed E-state index contributed by atoms with van der Waals surface area (Å²) in [6.07, 6.45) is 2.37. The van der Waals surface area contributed by atoms with Crippen molar-refractivity contribution in [2.24, 2.45) is 0 Å². The van der Waals surface area contributed by atoms with Crippen LogP contribution in [0.3, 0.4) is 0 Å². The van der Waals surface area contributed by atoms with Crippen LogP contribution in [-0.2, 0) is 13.1 Å². The van der Waals surface area contributed by atoms with Crippen LogP contribution in [0.4, 0.5) is 5.82 Å². The molecule has 1 fully saturated rings. The number of benzene rings is 1. The fourth-order valence-electron chi connectivity index (χ4n) is 3.55. The van der Waals surface area contributed by atoms with Gasteiger partial charge in [-0.15, -0.1) is 0 Å². The van der Waals surface area contributed by atoms with Crippen LogP contribution in [0.2, 0.25) is 0 Å². The summed E-state index contributed by atoms with van der Waals surface area (Å²) < 4.78 is 0. The molecule has 1 aliphatic rings. The molecule has 1 aromatic carbocycles. The summed E-state index contributed by atoms with van der Waals surface area (Å²) in [5.41, 5.74) is 3.72. The number of aromatic nitrogens is 2. The van der Waals surface area contributed by atoms with Gasteiger partial charge in [-0.2, -0.15) is 5.10 Å². The third-order valence-corrected chi connectivity index (χ3v) is 5.23. The average Bonchev–Trinajstić information content (AvgIpc) is 3.15. The Morgan fingerprint density at radius 2 is 1.55 bits per heavy atom. The van der Waals surface area contributed by atoms with Crippen molar-refractivity contribution in [3.8, 4) is 0 Å². The fourth-order valence-corrected chi connectivity index (χ4v) is 3.55. The Kier molecular flexibility index (Phi) is 9.45. The summed E-state index contributed by atoms with van der Waals surface area (Å²) in [6, 6.07) is 11.0. The van der Waals surface area contributed by atoms with Crippen molar-refractivity contribution in [3.05, 3.63) is 47.2 Å². The molecular weight excluding hydrogens is 362 g/mol. The maximum Gasteiger partial charge on any atom is 0.148 e. The normalized spacial score (nSPS) is 18.2. The molecule has 1 aliphatic heterocycles. The highest BCUT2D eigenvalue weighted by Gasteiger charge is 2.07. The zero-order valence-electron chi connectivity index (χ0n) is 17.8. The summed E-state index contributed by atoms with van der Waals surface area (Å²) in [5, 5.41) is 21.1. The van der Waals surface area contributed by atoms with Crippen LogP contribution in [0, 0.1) is 6.92 Å². The summed E-state index contributed by atoms with van der Waals surface area (Å²) in [4.78, 5) is 2.57. The van der Waals surface area contributed by atoms with Gasteiger partial charge in [-0.05, 0) is 57.1 Å². The lowest BCUT2D eigenvalue weighted by molar-refractivity contribution is 0.260. The third kappa shape index (κ3) is 8.53. The molecule has 0 saturated carbocycles. The number of hydrogen-bond donors (Lipinski definition) is 5. The van der Waals surface area contributed by atoms with E-state index in [-0.39, 0.29) is 0 Å². The molecule has 0 amide bonds. The first-order valence-electron chi connectivity index (χ1n) is 11.0. The Morgan fingerprint density at radius 3 is 2.28 bits per heavy atom. The first kappa shape index (κ1) is 21.8. The number of anilines is 1. The van der Waals surface area contributed by atoms with E-state index in [9.17, 15) is 0 Å². The quantitative estimate of drug-likeness (QED) is 0.527. The van der Waals surface area contributed by atoms with Gasteiger partial charge in [0.05, 0.1) is 0 Å². The molecule has 7 heteroatoms. The summed E-state index contributed by atoms with van der Waals surface area (Å²) >= 11 is 0. The van der Waals surface area contributed by atoms with Crippen molar-refractivity contribution in [3.63, 3.8) is 0 Å². The lowest BCUT2D eigenvalue weighted by atomic mass is 10.1. The molecular formula is C22H37N7. The average molecular weight is 400 g/mol. The molecule has 1 saturated heterocycles. The van der Waals surface area contributed by atoms with Gasteiger partial charge in [-0.1, -0.05) is 24.3 Å². The number of nitrogens with one attached hydrogen (secondary N) is 5. The Balaban J connectivity index is 1.46. The number of aromatic amines is 1. The van der Waals surface area contributed by atoms with Crippen molar-refractivity contribution in [2.75, 3.05) is 57.7 Å². The number of hydrogen-bond acceptors (Lipinski definition) is 6. The predicted molar refractivity (Wildman–Crippen MR) is 120 cm³/mol. The van der Waals surface area contributed by atoms with Crippen molar-refractivity contribution in [1.29, 1.82) is 0 Å². The van der Waals surface area contributed by atoms with Crippen LogP contribution in [0.25, 0.3) is 0 Å². The lowest BCUT2D eigenvalue weighted by Crippen LogP contribution is -2.36. The Labute approximate surface area is 175 Å². The molecule has 0 radical (unpaired) electrons. The van der Waals surface area contributed by atoms with Crippen LogP contribution in [0.15, 0.2) is 30.3 Å². The number of aryl methyl sites for hydroxylation is 1. The van der Waals surface area contributed by atoms with Crippen LogP contribution in [0.5, 0.6) is 0 Å². The van der Waals surface area contributed by atoms with Gasteiger partial charge in [0.2, 0.25) is 0 Å². The van der Waals surface area contributed by atoms with E-state index in [1.165, 1.54) is 24.0 Å². The first-order chi connectivity index (χ1) is 14.3. The van der Waals surface area contributed by atoms with Crippen molar-refractivity contribution in [2.45, 2.75) is 32.9 Å². The second kappa shape index (κ2) is 12.6. The van der Waals surface area contributed by atoms with Gasteiger partial charge in [0.1, 0.15) is 5.82 Å². The molecule has 3 rings (SSSR count). The third-order valence-electron chi connectivity index (χ3n) is 5.23. The zero-order chi connectivity index (χ0) is 20.2. The Bertz CT molecular complexity index is 669. The number of rotatable bonds is 5. The van der Waals surface area contributed by atoms with Gasteiger partial charge in [0, 0.05) is 51.0 Å². The summed E-state index contributed by atoms with van der Waals surface area (Å²) in [6.45, 7) is 12.5. The highest BCUT2D eigenvalue weighted by Crippen LogP contribution is 2.11. The molecule has 0 unspecified atom stereocenters. The van der Waals surface area contributed by atoms with Crippen LogP contribution < -0.4 is 21.3 Å². The van der Waals surface area contributed by atoms with Crippen LogP contribution >= 0.6 is 0 Å². The monoisotopic (exact) mass is 399 g/mol. The van der Waals surface area contributed by atoms with E-state index in [1.54, 1.807) is 0 Å². The number of H-pyrrole nitrogens is 1. The predicted octanol–water partition coefficient (Wildman–Crippen LogP) is 1.69. The van der Waals surface area contributed by atoms with Crippen LogP contribution in [-0.4, -0.2) is 67.5 Å². The van der Waals surface area contributed by atoms with E-state index in [1.807, 2.05) is 13.0 Å². The zero-order valence-corrected chi connectivity index (χ0v) is 17.8. The SMILES string of the molecule is Cc1cc(NCc2ccc(CN3CCCNCCNCCCNCC3)cc2)n[nH]1. The van der Waals surface area contributed by atoms with E-state index in [0.717, 1.165) is 77.0 Å². The Hall–Kier alpha value is -1.93. The van der Waals surface area contributed by atoms with E-state index in [4.69, 9.17) is 0 Å². The molecule has 5 N–H and O–H groups in total. The molecule has 0 bridgehead atoms. The molecule has 160 valence electrons. The summed E-state index contributed by atoms with van der Waals surface area (Å²) in [7, 11) is 0. The van der Waals surface area contributed by atoms with Gasteiger partial charge >= 0.3 is 0 Å². The molecule has 0 atom stereocenters. The van der Waals surface area contributed by atoms with Gasteiger partial charge in [-0.3, -0.25) is 10.00 Å². The topological polar surface area (TPSA) is 80.0 Å². The minimum atomic E-state index is 0.790. The standard InChI is InChI=1S/C22H37N7/c1-19-16-22(28-27-19)26-17-20-4-6-21(7-5-20)18-29-14-3-10-24-12-11-23-8-2-9-25-13-15-29/h4-7,16,23-25H,2-3,8-15,17-18H2,1H3,(H2,26,27,28). The van der Waals surface area contributed by atoms with Gasteiger partial charge in [-0.25, -0.2) is 0 Å². The maximum atomic E-state index is 4.22. The molecule has 2 aromatic rings. The van der Waals surface area contributed by atoms with Crippen LogP contribution in [0.1, 0.15) is 29.7 Å². The van der Waals surface area contributed by atoms with Crippen molar-refractivity contribution < 1.29 is 0 Å². The van der Waals surface area contributed by atoms with E-state index in [0.29, 0.717) is 0 Å². The second-order valence-electron chi connectivity index (χ2n) is 7.84. The highest BCUT2D eigenvalue weighted by atomic mass is 15.2. The second-order valence-corrected chi connectivity index (χ2v) is 7.84. The van der Waals surface area contributed by atoms with E-state index in [2.05, 4.69) is 60.6 Å². The Morgan fingerprint density at radius 1 is 0.862 bits per heavy atom. The first-order valence-corrected chi connectivity index (χ1v) is 11.0. The van der Waals surface area contributed by atoms with Gasteiger partial charge in [0.25, 0.3) is 0 Å². The number of nitrogens with zero attached hydrogens (tertiary/aromatic N) is 2. The fraction of sp³-hybridized carbons (Fsp3) is 0.591. The highest BCUT2D eigenvalue weighted by molar-refractivity contribution is 5.36. The summed E-state index contributed by atoms with van der Waals surface area (Å²) in [5.74, 6) is 0.898. The molecule has 0 spiro atoms. The molecule has 7 nitrogen and oxygen atoms in total. The van der Waals surface area contributed by atoms with Crippen molar-refractivity contribution >= 4 is 5.82 Å². The molecule has 29 heavy (non-hydrogen) atoms. The smallest absolute Gasteiger partial charge is 0.148 e. The molecule has 2 heterocycles. The lowest BCUT2D eigenvalue weighted by Gasteiger charge is -2.23. The molecule has 0 aliphatic carbocycles. The minimum Gasteiger partial charge on any atom is -0.365 e. The van der Waals surface area contributed by atoms with E-state index >= 15 is 0 Å². The molecule has 1 aromatic heterocycles. The largest absolute Gasteiger partial charge is 0.365 e.